The number of nitrogens with one attached hydrogen (secondary N) is 2. The van der Waals surface area contributed by atoms with E-state index < -0.39 is 18.0 Å². The quantitative estimate of drug-likeness (QED) is 0.101. The van der Waals surface area contributed by atoms with E-state index in [1.54, 1.807) is 44.3 Å². The van der Waals surface area contributed by atoms with Gasteiger partial charge in [0.1, 0.15) is 16.5 Å². The molecule has 0 aliphatic heterocycles. The lowest BCUT2D eigenvalue weighted by Crippen LogP contribution is -2.33. The van der Waals surface area contributed by atoms with Crippen molar-refractivity contribution in [2.24, 2.45) is 11.0 Å². The standard InChI is InChI=1S/C33H39N3O6S/c1-5-7-18-41-25-13-9-23(10-14-25)20-34-36-30(37)22(4)42-26-15-11-24(12-16-26)31(38)35-32-29(33(39)40-6-2)27-17-8-21(3)19-28(27)43-32/h9-16,20-22H,5-8,17-19H2,1-4H3,(H,35,38)(H,36,37)/b34-20-/t21-,22-/m1/s1. The Labute approximate surface area is 256 Å². The Hall–Kier alpha value is -4.18. The van der Waals surface area contributed by atoms with Crippen LogP contribution in [0.15, 0.2) is 53.6 Å². The second-order valence-corrected chi connectivity index (χ2v) is 11.6. The van der Waals surface area contributed by atoms with Crippen LogP contribution in [-0.4, -0.2) is 43.3 Å². The van der Waals surface area contributed by atoms with Gasteiger partial charge in [0.25, 0.3) is 11.8 Å². The molecule has 43 heavy (non-hydrogen) atoms. The molecule has 1 aliphatic rings. The topological polar surface area (TPSA) is 115 Å². The summed E-state index contributed by atoms with van der Waals surface area (Å²) in [6.07, 6.45) is 5.48. The van der Waals surface area contributed by atoms with Crippen molar-refractivity contribution in [2.45, 2.75) is 65.9 Å². The molecule has 3 aromatic rings. The van der Waals surface area contributed by atoms with E-state index in [9.17, 15) is 14.4 Å². The number of esters is 1. The summed E-state index contributed by atoms with van der Waals surface area (Å²) in [5.74, 6) is 0.581. The minimum absolute atomic E-state index is 0.264. The molecular weight excluding hydrogens is 566 g/mol. The molecule has 0 unspecified atom stereocenters. The number of rotatable bonds is 13. The number of amides is 2. The summed E-state index contributed by atoms with van der Waals surface area (Å²) in [5.41, 5.74) is 5.15. The number of hydrogen-bond donors (Lipinski definition) is 2. The number of thiophene rings is 1. The van der Waals surface area contributed by atoms with Gasteiger partial charge in [-0.05, 0) is 105 Å². The van der Waals surface area contributed by atoms with Crippen LogP contribution in [0.1, 0.15) is 83.7 Å². The van der Waals surface area contributed by atoms with E-state index in [4.69, 9.17) is 14.2 Å². The van der Waals surface area contributed by atoms with Gasteiger partial charge in [-0.3, -0.25) is 9.59 Å². The molecule has 1 aromatic heterocycles. The summed E-state index contributed by atoms with van der Waals surface area (Å²) in [5, 5.41) is 7.45. The van der Waals surface area contributed by atoms with E-state index in [2.05, 4.69) is 29.7 Å². The molecule has 0 spiro atoms. The van der Waals surface area contributed by atoms with Crippen molar-refractivity contribution in [3.05, 3.63) is 75.7 Å². The van der Waals surface area contributed by atoms with Crippen LogP contribution in [0, 0.1) is 5.92 Å². The first-order valence-corrected chi connectivity index (χ1v) is 15.6. The molecule has 2 amide bonds. The predicted molar refractivity (Wildman–Crippen MR) is 169 cm³/mol. The number of hydrazone groups is 1. The normalized spacial score (nSPS) is 14.9. The number of nitrogens with zero attached hydrogens (tertiary/aromatic N) is 1. The van der Waals surface area contributed by atoms with Gasteiger partial charge in [-0.15, -0.1) is 11.3 Å². The summed E-state index contributed by atoms with van der Waals surface area (Å²) >= 11 is 1.45. The second kappa shape index (κ2) is 15.3. The highest BCUT2D eigenvalue weighted by atomic mass is 32.1. The SMILES string of the molecule is CCCCOc1ccc(/C=N\NC(=O)[C@@H](C)Oc2ccc(C(=O)Nc3sc4c(c3C(=O)OCC)CC[C@@H](C)C4)cc2)cc1. The van der Waals surface area contributed by atoms with Gasteiger partial charge in [0.2, 0.25) is 0 Å². The molecule has 0 radical (unpaired) electrons. The maximum Gasteiger partial charge on any atom is 0.341 e. The van der Waals surface area contributed by atoms with Gasteiger partial charge in [0.05, 0.1) is 25.0 Å². The number of fused-ring (bicyclic) bond motifs is 1. The van der Waals surface area contributed by atoms with Gasteiger partial charge in [-0.2, -0.15) is 5.10 Å². The monoisotopic (exact) mass is 605 g/mol. The first kappa shape index (κ1) is 31.7. The molecule has 228 valence electrons. The minimum atomic E-state index is -0.821. The van der Waals surface area contributed by atoms with Gasteiger partial charge < -0.3 is 19.5 Å². The highest BCUT2D eigenvalue weighted by molar-refractivity contribution is 7.17. The number of unbranched alkanes of at least 4 members (excludes halogenated alkanes) is 1. The highest BCUT2D eigenvalue weighted by Gasteiger charge is 2.29. The van der Waals surface area contributed by atoms with Crippen LogP contribution < -0.4 is 20.2 Å². The molecule has 10 heteroatoms. The first-order chi connectivity index (χ1) is 20.8. The second-order valence-electron chi connectivity index (χ2n) is 10.5. The Balaban J connectivity index is 1.31. The van der Waals surface area contributed by atoms with Gasteiger partial charge in [0, 0.05) is 10.4 Å². The minimum Gasteiger partial charge on any atom is -0.494 e. The van der Waals surface area contributed by atoms with E-state index in [0.29, 0.717) is 34.4 Å². The van der Waals surface area contributed by atoms with E-state index >= 15 is 0 Å². The van der Waals surface area contributed by atoms with Gasteiger partial charge >= 0.3 is 5.97 Å². The fourth-order valence-electron chi connectivity index (χ4n) is 4.62. The van der Waals surface area contributed by atoms with Crippen molar-refractivity contribution in [2.75, 3.05) is 18.5 Å². The third-order valence-corrected chi connectivity index (χ3v) is 8.22. The Kier molecular flexibility index (Phi) is 11.3. The number of carbonyl (C=O) groups excluding carboxylic acids is 3. The van der Waals surface area contributed by atoms with Gasteiger partial charge in [0.15, 0.2) is 6.10 Å². The molecule has 0 saturated heterocycles. The zero-order valence-corrected chi connectivity index (χ0v) is 25.9. The zero-order valence-electron chi connectivity index (χ0n) is 25.1. The molecule has 2 N–H and O–H groups in total. The Morgan fingerprint density at radius 3 is 2.49 bits per heavy atom. The van der Waals surface area contributed by atoms with Crippen molar-refractivity contribution < 1.29 is 28.6 Å². The largest absolute Gasteiger partial charge is 0.494 e. The summed E-state index contributed by atoms with van der Waals surface area (Å²) in [6, 6.07) is 13.9. The highest BCUT2D eigenvalue weighted by Crippen LogP contribution is 2.40. The first-order valence-electron chi connectivity index (χ1n) is 14.7. The molecule has 9 nitrogen and oxygen atoms in total. The lowest BCUT2D eigenvalue weighted by atomic mass is 9.88. The molecule has 2 atom stereocenters. The van der Waals surface area contributed by atoms with Gasteiger partial charge in [-0.1, -0.05) is 20.3 Å². The van der Waals surface area contributed by atoms with Crippen molar-refractivity contribution in [3.8, 4) is 11.5 Å². The molecule has 1 heterocycles. The van der Waals surface area contributed by atoms with Crippen LogP contribution >= 0.6 is 11.3 Å². The van der Waals surface area contributed by atoms with Crippen molar-refractivity contribution in [3.63, 3.8) is 0 Å². The van der Waals surface area contributed by atoms with Crippen molar-refractivity contribution >= 4 is 40.3 Å². The lowest BCUT2D eigenvalue weighted by Gasteiger charge is -2.18. The third kappa shape index (κ3) is 8.67. The Morgan fingerprint density at radius 1 is 1.07 bits per heavy atom. The molecule has 0 saturated carbocycles. The number of anilines is 1. The van der Waals surface area contributed by atoms with Crippen LogP contribution in [-0.2, 0) is 22.4 Å². The summed E-state index contributed by atoms with van der Waals surface area (Å²) in [4.78, 5) is 39.5. The van der Waals surface area contributed by atoms with Gasteiger partial charge in [-0.25, -0.2) is 10.2 Å². The maximum atomic E-state index is 13.1. The maximum absolute atomic E-state index is 13.1. The Morgan fingerprint density at radius 2 is 1.79 bits per heavy atom. The fourth-order valence-corrected chi connectivity index (χ4v) is 6.02. The smallest absolute Gasteiger partial charge is 0.341 e. The number of hydrogen-bond acceptors (Lipinski definition) is 8. The summed E-state index contributed by atoms with van der Waals surface area (Å²) < 4.78 is 16.7. The van der Waals surface area contributed by atoms with Crippen LogP contribution in [0.2, 0.25) is 0 Å². The number of ether oxygens (including phenoxy) is 3. The predicted octanol–water partition coefficient (Wildman–Crippen LogP) is 6.40. The van der Waals surface area contributed by atoms with E-state index in [-0.39, 0.29) is 12.5 Å². The van der Waals surface area contributed by atoms with Crippen LogP contribution in [0.25, 0.3) is 0 Å². The average Bonchev–Trinajstić information content (AvgIpc) is 3.35. The molecule has 2 aromatic carbocycles. The van der Waals surface area contributed by atoms with Crippen LogP contribution in [0.3, 0.4) is 0 Å². The molecule has 4 rings (SSSR count). The fraction of sp³-hybridized carbons (Fsp3) is 0.394. The summed E-state index contributed by atoms with van der Waals surface area (Å²) in [6.45, 7) is 8.64. The third-order valence-electron chi connectivity index (χ3n) is 7.05. The average molecular weight is 606 g/mol. The molecule has 0 fully saturated rings. The van der Waals surface area contributed by atoms with E-state index in [1.807, 2.05) is 24.3 Å². The molecular formula is C33H39N3O6S. The van der Waals surface area contributed by atoms with E-state index in [0.717, 1.165) is 53.9 Å². The molecule has 1 aliphatic carbocycles. The van der Waals surface area contributed by atoms with E-state index in [1.165, 1.54) is 11.3 Å². The van der Waals surface area contributed by atoms with Crippen molar-refractivity contribution in [1.82, 2.24) is 5.43 Å². The number of benzene rings is 2. The lowest BCUT2D eigenvalue weighted by molar-refractivity contribution is -0.127. The Bertz CT molecular complexity index is 1430. The van der Waals surface area contributed by atoms with Crippen LogP contribution in [0.5, 0.6) is 11.5 Å². The molecule has 0 bridgehead atoms. The number of carbonyl (C=O) groups is 3. The zero-order chi connectivity index (χ0) is 30.8. The van der Waals surface area contributed by atoms with Crippen LogP contribution in [0.4, 0.5) is 5.00 Å². The summed E-state index contributed by atoms with van der Waals surface area (Å²) in [7, 11) is 0. The van der Waals surface area contributed by atoms with Crippen molar-refractivity contribution in [1.29, 1.82) is 0 Å².